The average molecular weight is 465 g/mol. The van der Waals surface area contributed by atoms with Gasteiger partial charge in [0.05, 0.1) is 22.4 Å². The molecule has 6 aromatic rings. The molecule has 0 radical (unpaired) electrons. The average Bonchev–Trinajstić information content (AvgIpc) is 2.94. The minimum Gasteiger partial charge on any atom is -0.244 e. The molecule has 2 heteroatoms. The SMILES string of the molecule is Cc1ccc(-c2ccc(-c3nc4ccccc4nc3-c3ccccc3)cc2)cc1.Cc1ccccc1. The summed E-state index contributed by atoms with van der Waals surface area (Å²) >= 11 is 0. The van der Waals surface area contributed by atoms with Gasteiger partial charge in [0, 0.05) is 11.1 Å². The number of aromatic nitrogens is 2. The van der Waals surface area contributed by atoms with Crippen molar-refractivity contribution in [3.05, 3.63) is 145 Å². The topological polar surface area (TPSA) is 25.8 Å². The van der Waals surface area contributed by atoms with Crippen molar-refractivity contribution >= 4 is 11.0 Å². The fourth-order valence-electron chi connectivity index (χ4n) is 4.10. The lowest BCUT2D eigenvalue weighted by Crippen LogP contribution is -1.95. The van der Waals surface area contributed by atoms with E-state index in [9.17, 15) is 0 Å². The van der Waals surface area contributed by atoms with Crippen molar-refractivity contribution in [2.24, 2.45) is 0 Å². The summed E-state index contributed by atoms with van der Waals surface area (Å²) in [6, 6.07) is 45.8. The highest BCUT2D eigenvalue weighted by atomic mass is 14.8. The zero-order valence-corrected chi connectivity index (χ0v) is 20.6. The maximum Gasteiger partial charge on any atom is 0.0973 e. The van der Waals surface area contributed by atoms with Crippen LogP contribution >= 0.6 is 0 Å². The van der Waals surface area contributed by atoms with Crippen molar-refractivity contribution in [2.45, 2.75) is 13.8 Å². The van der Waals surface area contributed by atoms with Gasteiger partial charge in [-0.15, -0.1) is 0 Å². The Morgan fingerprint density at radius 2 is 0.694 bits per heavy atom. The van der Waals surface area contributed by atoms with Crippen molar-refractivity contribution in [3.63, 3.8) is 0 Å². The first kappa shape index (κ1) is 23.2. The Morgan fingerprint density at radius 3 is 1.17 bits per heavy atom. The highest BCUT2D eigenvalue weighted by Crippen LogP contribution is 2.32. The molecule has 0 aliphatic rings. The van der Waals surface area contributed by atoms with Crippen molar-refractivity contribution in [1.82, 2.24) is 9.97 Å². The van der Waals surface area contributed by atoms with Crippen LogP contribution in [0.15, 0.2) is 133 Å². The van der Waals surface area contributed by atoms with Crippen LogP contribution in [0.4, 0.5) is 0 Å². The first-order valence-electron chi connectivity index (χ1n) is 12.2. The van der Waals surface area contributed by atoms with Crippen molar-refractivity contribution in [3.8, 4) is 33.6 Å². The molecule has 0 N–H and O–H groups in total. The summed E-state index contributed by atoms with van der Waals surface area (Å²) in [5.41, 5.74) is 10.8. The predicted molar refractivity (Wildman–Crippen MR) is 152 cm³/mol. The molecule has 6 rings (SSSR count). The first-order chi connectivity index (χ1) is 17.7. The molecule has 1 aromatic heterocycles. The van der Waals surface area contributed by atoms with Crippen molar-refractivity contribution in [2.75, 3.05) is 0 Å². The number of hydrogen-bond acceptors (Lipinski definition) is 2. The van der Waals surface area contributed by atoms with Crippen LogP contribution in [-0.2, 0) is 0 Å². The quantitative estimate of drug-likeness (QED) is 0.261. The minimum absolute atomic E-state index is 0.907. The van der Waals surface area contributed by atoms with Crippen LogP contribution < -0.4 is 0 Å². The summed E-state index contributed by atoms with van der Waals surface area (Å²) in [6.45, 7) is 4.19. The van der Waals surface area contributed by atoms with E-state index in [4.69, 9.17) is 9.97 Å². The number of rotatable bonds is 3. The molecule has 0 atom stereocenters. The third-order valence-electron chi connectivity index (χ3n) is 6.10. The fraction of sp³-hybridized carbons (Fsp3) is 0.0588. The summed E-state index contributed by atoms with van der Waals surface area (Å²) in [4.78, 5) is 9.92. The molecule has 0 saturated heterocycles. The summed E-state index contributed by atoms with van der Waals surface area (Å²) in [5.74, 6) is 0. The van der Waals surface area contributed by atoms with Gasteiger partial charge in [-0.05, 0) is 37.1 Å². The third-order valence-corrected chi connectivity index (χ3v) is 6.10. The third kappa shape index (κ3) is 5.39. The van der Waals surface area contributed by atoms with Gasteiger partial charge in [0.1, 0.15) is 0 Å². The van der Waals surface area contributed by atoms with E-state index in [0.717, 1.165) is 33.5 Å². The highest BCUT2D eigenvalue weighted by molar-refractivity contribution is 5.86. The maximum absolute atomic E-state index is 4.97. The summed E-state index contributed by atoms with van der Waals surface area (Å²) in [7, 11) is 0. The van der Waals surface area contributed by atoms with E-state index in [1.165, 1.54) is 22.3 Å². The van der Waals surface area contributed by atoms with Gasteiger partial charge in [0.25, 0.3) is 0 Å². The molecule has 5 aromatic carbocycles. The Labute approximate surface area is 213 Å². The summed E-state index contributed by atoms with van der Waals surface area (Å²) in [6.07, 6.45) is 0. The fourth-order valence-corrected chi connectivity index (χ4v) is 4.10. The van der Waals surface area contributed by atoms with Gasteiger partial charge in [-0.2, -0.15) is 0 Å². The molecule has 0 unspecified atom stereocenters. The summed E-state index contributed by atoms with van der Waals surface area (Å²) < 4.78 is 0. The molecule has 0 aliphatic carbocycles. The van der Waals surface area contributed by atoms with E-state index in [2.05, 4.69) is 86.6 Å². The lowest BCUT2D eigenvalue weighted by Gasteiger charge is -2.11. The van der Waals surface area contributed by atoms with Gasteiger partial charge in [0.2, 0.25) is 0 Å². The van der Waals surface area contributed by atoms with Gasteiger partial charge in [-0.25, -0.2) is 9.97 Å². The molecule has 0 fully saturated rings. The minimum atomic E-state index is 0.907. The van der Waals surface area contributed by atoms with E-state index >= 15 is 0 Å². The van der Waals surface area contributed by atoms with Crippen LogP contribution in [0.1, 0.15) is 11.1 Å². The van der Waals surface area contributed by atoms with Gasteiger partial charge in [-0.3, -0.25) is 0 Å². The Bertz CT molecular complexity index is 1550. The van der Waals surface area contributed by atoms with Crippen LogP contribution in [0, 0.1) is 13.8 Å². The number of nitrogens with zero attached hydrogens (tertiary/aromatic N) is 2. The molecule has 0 spiro atoms. The molecular formula is C34H28N2. The lowest BCUT2D eigenvalue weighted by atomic mass is 9.99. The first-order valence-corrected chi connectivity index (χ1v) is 12.2. The largest absolute Gasteiger partial charge is 0.244 e. The molecule has 174 valence electrons. The van der Waals surface area contributed by atoms with Gasteiger partial charge in [0.15, 0.2) is 0 Å². The van der Waals surface area contributed by atoms with Crippen molar-refractivity contribution in [1.29, 1.82) is 0 Å². The van der Waals surface area contributed by atoms with Crippen LogP contribution in [0.2, 0.25) is 0 Å². The zero-order valence-electron chi connectivity index (χ0n) is 20.6. The standard InChI is InChI=1S/C27H20N2.C7H8/c1-19-11-13-20(14-12-19)21-15-17-23(18-16-21)27-26(22-7-3-2-4-8-22)28-24-9-5-6-10-25(24)29-27;1-7-5-3-2-4-6-7/h2-18H,1H3;2-6H,1H3. The maximum atomic E-state index is 4.97. The predicted octanol–water partition coefficient (Wildman–Crippen LogP) is 8.93. The van der Waals surface area contributed by atoms with Gasteiger partial charge >= 0.3 is 0 Å². The Kier molecular flexibility index (Phi) is 6.95. The molecule has 0 saturated carbocycles. The molecular weight excluding hydrogens is 436 g/mol. The molecule has 36 heavy (non-hydrogen) atoms. The molecule has 0 aliphatic heterocycles. The van der Waals surface area contributed by atoms with Crippen LogP contribution in [0.5, 0.6) is 0 Å². The molecule has 0 bridgehead atoms. The highest BCUT2D eigenvalue weighted by Gasteiger charge is 2.13. The van der Waals surface area contributed by atoms with Crippen molar-refractivity contribution < 1.29 is 0 Å². The van der Waals surface area contributed by atoms with E-state index in [1.54, 1.807) is 0 Å². The second-order valence-corrected chi connectivity index (χ2v) is 8.87. The second kappa shape index (κ2) is 10.8. The van der Waals surface area contributed by atoms with E-state index in [-0.39, 0.29) is 0 Å². The normalized spacial score (nSPS) is 10.5. The van der Waals surface area contributed by atoms with Crippen LogP contribution in [0.3, 0.4) is 0 Å². The van der Waals surface area contributed by atoms with E-state index < -0.39 is 0 Å². The molecule has 2 nitrogen and oxygen atoms in total. The van der Waals surface area contributed by atoms with Crippen LogP contribution in [0.25, 0.3) is 44.7 Å². The van der Waals surface area contributed by atoms with Gasteiger partial charge < -0.3 is 0 Å². The zero-order chi connectivity index (χ0) is 24.7. The van der Waals surface area contributed by atoms with Crippen LogP contribution in [-0.4, -0.2) is 9.97 Å². The van der Waals surface area contributed by atoms with Gasteiger partial charge in [-0.1, -0.05) is 132 Å². The smallest absolute Gasteiger partial charge is 0.0973 e. The number of benzene rings is 5. The number of fused-ring (bicyclic) bond motifs is 1. The Morgan fingerprint density at radius 1 is 0.333 bits per heavy atom. The van der Waals surface area contributed by atoms with E-state index in [1.807, 2.05) is 60.7 Å². The Hall–Kier alpha value is -4.56. The molecule has 0 amide bonds. The number of aryl methyl sites for hydroxylation is 2. The molecule has 1 heterocycles. The number of hydrogen-bond donors (Lipinski definition) is 0. The summed E-state index contributed by atoms with van der Waals surface area (Å²) in [5, 5.41) is 0. The lowest BCUT2D eigenvalue weighted by molar-refractivity contribution is 1.29. The van der Waals surface area contributed by atoms with E-state index in [0.29, 0.717) is 0 Å². The number of para-hydroxylation sites is 2. The second-order valence-electron chi connectivity index (χ2n) is 8.87. The monoisotopic (exact) mass is 464 g/mol. The Balaban J connectivity index is 0.000000330.